The summed E-state index contributed by atoms with van der Waals surface area (Å²) in [5, 5.41) is 0. The third-order valence-corrected chi connectivity index (χ3v) is 5.03. The van der Waals surface area contributed by atoms with E-state index in [-0.39, 0.29) is 11.8 Å². The van der Waals surface area contributed by atoms with E-state index in [0.29, 0.717) is 37.5 Å². The van der Waals surface area contributed by atoms with E-state index in [9.17, 15) is 9.59 Å². The van der Waals surface area contributed by atoms with Crippen molar-refractivity contribution in [2.75, 3.05) is 33.3 Å². The smallest absolute Gasteiger partial charge is 0.257 e. The number of amides is 2. The van der Waals surface area contributed by atoms with Gasteiger partial charge < -0.3 is 14.5 Å². The van der Waals surface area contributed by atoms with E-state index in [2.05, 4.69) is 0 Å². The average molecular weight is 366 g/mol. The van der Waals surface area contributed by atoms with Gasteiger partial charge in [-0.25, -0.2) is 0 Å². The fourth-order valence-electron chi connectivity index (χ4n) is 3.45. The number of hydrogen-bond donors (Lipinski definition) is 0. The Morgan fingerprint density at radius 1 is 0.852 bits per heavy atom. The van der Waals surface area contributed by atoms with Crippen LogP contribution in [0, 0.1) is 13.8 Å². The maximum Gasteiger partial charge on any atom is 0.257 e. The largest absolute Gasteiger partial charge is 0.496 e. The molecule has 2 amide bonds. The first kappa shape index (κ1) is 19.0. The summed E-state index contributed by atoms with van der Waals surface area (Å²) in [7, 11) is 1.57. The third-order valence-electron chi connectivity index (χ3n) is 5.03. The van der Waals surface area contributed by atoms with E-state index in [4.69, 9.17) is 4.74 Å². The van der Waals surface area contributed by atoms with Crippen LogP contribution in [0.2, 0.25) is 0 Å². The quantitative estimate of drug-likeness (QED) is 0.837. The molecule has 0 saturated carbocycles. The minimum absolute atomic E-state index is 0.0443. The maximum absolute atomic E-state index is 13.0. The summed E-state index contributed by atoms with van der Waals surface area (Å²) >= 11 is 0. The lowest BCUT2D eigenvalue weighted by atomic mass is 10.0. The monoisotopic (exact) mass is 366 g/mol. The van der Waals surface area contributed by atoms with E-state index in [1.54, 1.807) is 19.2 Å². The molecule has 1 aliphatic rings. The van der Waals surface area contributed by atoms with Crippen LogP contribution >= 0.6 is 0 Å². The van der Waals surface area contributed by atoms with Crippen LogP contribution in [-0.2, 0) is 0 Å². The molecule has 1 aliphatic heterocycles. The van der Waals surface area contributed by atoms with Gasteiger partial charge in [0.25, 0.3) is 11.8 Å². The lowest BCUT2D eigenvalue weighted by Crippen LogP contribution is -2.37. The summed E-state index contributed by atoms with van der Waals surface area (Å²) in [4.78, 5) is 29.6. The molecule has 0 bridgehead atoms. The van der Waals surface area contributed by atoms with Crippen LogP contribution in [0.5, 0.6) is 5.75 Å². The van der Waals surface area contributed by atoms with E-state index < -0.39 is 0 Å². The normalized spacial score (nSPS) is 14.6. The summed E-state index contributed by atoms with van der Waals surface area (Å²) in [6.45, 7) is 6.30. The number of carbonyl (C=O) groups excluding carboxylic acids is 2. The molecule has 2 aromatic rings. The van der Waals surface area contributed by atoms with Crippen molar-refractivity contribution in [1.29, 1.82) is 0 Å². The van der Waals surface area contributed by atoms with Crippen LogP contribution in [-0.4, -0.2) is 54.9 Å². The van der Waals surface area contributed by atoms with Crippen molar-refractivity contribution in [3.05, 3.63) is 64.7 Å². The van der Waals surface area contributed by atoms with Gasteiger partial charge in [0.2, 0.25) is 0 Å². The topological polar surface area (TPSA) is 49.9 Å². The highest BCUT2D eigenvalue weighted by molar-refractivity contribution is 5.97. The number of nitrogens with zero attached hydrogens (tertiary/aromatic N) is 2. The number of hydrogen-bond acceptors (Lipinski definition) is 3. The van der Waals surface area contributed by atoms with Gasteiger partial charge in [-0.05, 0) is 44.0 Å². The Balaban J connectivity index is 1.73. The molecule has 5 nitrogen and oxygen atoms in total. The summed E-state index contributed by atoms with van der Waals surface area (Å²) in [6.07, 6.45) is 0.761. The number of aryl methyl sites for hydroxylation is 2. The lowest BCUT2D eigenvalue weighted by Gasteiger charge is -2.23. The van der Waals surface area contributed by atoms with Gasteiger partial charge in [0.05, 0.1) is 12.7 Å². The molecule has 1 fully saturated rings. The van der Waals surface area contributed by atoms with Crippen molar-refractivity contribution in [1.82, 2.24) is 9.80 Å². The van der Waals surface area contributed by atoms with Gasteiger partial charge in [-0.15, -0.1) is 0 Å². The molecular formula is C22H26N2O3. The Morgan fingerprint density at radius 3 is 2.15 bits per heavy atom. The van der Waals surface area contributed by atoms with Crippen LogP contribution < -0.4 is 4.74 Å². The van der Waals surface area contributed by atoms with Crippen molar-refractivity contribution < 1.29 is 14.3 Å². The van der Waals surface area contributed by atoms with E-state index in [0.717, 1.165) is 23.1 Å². The number of methoxy groups -OCH3 is 1. The average Bonchev–Trinajstić information content (AvgIpc) is 2.95. The van der Waals surface area contributed by atoms with Crippen molar-refractivity contribution in [3.8, 4) is 5.75 Å². The second-order valence-electron chi connectivity index (χ2n) is 6.96. The van der Waals surface area contributed by atoms with Crippen LogP contribution in [0.1, 0.15) is 38.3 Å². The van der Waals surface area contributed by atoms with Crippen molar-refractivity contribution in [2.24, 2.45) is 0 Å². The number of ether oxygens (including phenoxy) is 1. The summed E-state index contributed by atoms with van der Waals surface area (Å²) in [5.74, 6) is 0.575. The number of rotatable bonds is 3. The van der Waals surface area contributed by atoms with Crippen molar-refractivity contribution in [2.45, 2.75) is 20.3 Å². The standard InChI is InChI=1S/C22H26N2O3/c1-16-9-10-17(2)19(15-16)22(26)24-12-6-11-23(13-14-24)21(25)18-7-4-5-8-20(18)27-3/h4-5,7-10,15H,6,11-14H2,1-3H3. The molecule has 0 radical (unpaired) electrons. The molecule has 27 heavy (non-hydrogen) atoms. The number of carbonyl (C=O) groups is 2. The highest BCUT2D eigenvalue weighted by atomic mass is 16.5. The molecule has 0 unspecified atom stereocenters. The molecule has 5 heteroatoms. The molecule has 1 saturated heterocycles. The van der Waals surface area contributed by atoms with Gasteiger partial charge >= 0.3 is 0 Å². The minimum Gasteiger partial charge on any atom is -0.496 e. The SMILES string of the molecule is COc1ccccc1C(=O)N1CCCN(C(=O)c2cc(C)ccc2C)CC1. The van der Waals surface area contributed by atoms with Crippen LogP contribution in [0.15, 0.2) is 42.5 Å². The molecule has 0 aromatic heterocycles. The Kier molecular flexibility index (Phi) is 5.79. The van der Waals surface area contributed by atoms with Gasteiger partial charge in [0, 0.05) is 31.7 Å². The van der Waals surface area contributed by atoms with E-state index in [1.165, 1.54) is 0 Å². The second kappa shape index (κ2) is 8.25. The molecule has 1 heterocycles. The van der Waals surface area contributed by atoms with Gasteiger partial charge in [0.15, 0.2) is 0 Å². The predicted octanol–water partition coefficient (Wildman–Crippen LogP) is 3.30. The Hall–Kier alpha value is -2.82. The summed E-state index contributed by atoms with van der Waals surface area (Å²) in [5.41, 5.74) is 3.37. The third kappa shape index (κ3) is 4.13. The van der Waals surface area contributed by atoms with Gasteiger partial charge in [-0.1, -0.05) is 29.8 Å². The van der Waals surface area contributed by atoms with Crippen LogP contribution in [0.4, 0.5) is 0 Å². The lowest BCUT2D eigenvalue weighted by molar-refractivity contribution is 0.0716. The predicted molar refractivity (Wildman–Crippen MR) is 105 cm³/mol. The molecule has 0 spiro atoms. The van der Waals surface area contributed by atoms with Crippen LogP contribution in [0.3, 0.4) is 0 Å². The molecule has 0 N–H and O–H groups in total. The van der Waals surface area contributed by atoms with Crippen molar-refractivity contribution >= 4 is 11.8 Å². The van der Waals surface area contributed by atoms with Gasteiger partial charge in [-0.2, -0.15) is 0 Å². The fourth-order valence-corrected chi connectivity index (χ4v) is 3.45. The van der Waals surface area contributed by atoms with E-state index in [1.807, 2.05) is 54.0 Å². The molecule has 3 rings (SSSR count). The second-order valence-corrected chi connectivity index (χ2v) is 6.96. The number of para-hydroxylation sites is 1. The Morgan fingerprint density at radius 2 is 1.48 bits per heavy atom. The first-order chi connectivity index (χ1) is 13.0. The zero-order valence-electron chi connectivity index (χ0n) is 16.2. The molecular weight excluding hydrogens is 340 g/mol. The molecule has 0 atom stereocenters. The van der Waals surface area contributed by atoms with Crippen molar-refractivity contribution in [3.63, 3.8) is 0 Å². The zero-order chi connectivity index (χ0) is 19.4. The number of benzene rings is 2. The molecule has 142 valence electrons. The highest BCUT2D eigenvalue weighted by Crippen LogP contribution is 2.21. The van der Waals surface area contributed by atoms with Gasteiger partial charge in [-0.3, -0.25) is 9.59 Å². The summed E-state index contributed by atoms with van der Waals surface area (Å²) in [6, 6.07) is 13.2. The summed E-state index contributed by atoms with van der Waals surface area (Å²) < 4.78 is 5.32. The van der Waals surface area contributed by atoms with E-state index >= 15 is 0 Å². The van der Waals surface area contributed by atoms with Crippen LogP contribution in [0.25, 0.3) is 0 Å². The first-order valence-electron chi connectivity index (χ1n) is 9.30. The molecule has 2 aromatic carbocycles. The Labute approximate surface area is 160 Å². The highest BCUT2D eigenvalue weighted by Gasteiger charge is 2.25. The first-order valence-corrected chi connectivity index (χ1v) is 9.30. The zero-order valence-corrected chi connectivity index (χ0v) is 16.2. The minimum atomic E-state index is -0.0477. The maximum atomic E-state index is 13.0. The fraction of sp³-hybridized carbons (Fsp3) is 0.364. The molecule has 0 aliphatic carbocycles. The van der Waals surface area contributed by atoms with Gasteiger partial charge in [0.1, 0.15) is 5.75 Å². The Bertz CT molecular complexity index is 847.